The van der Waals surface area contributed by atoms with Crippen molar-refractivity contribution >= 4 is 5.96 Å². The van der Waals surface area contributed by atoms with Crippen LogP contribution in [0.1, 0.15) is 36.5 Å². The zero-order valence-corrected chi connectivity index (χ0v) is 18.5. The summed E-state index contributed by atoms with van der Waals surface area (Å²) in [6.45, 7) is 7.05. The Labute approximate surface area is 185 Å². The van der Waals surface area contributed by atoms with Crippen LogP contribution in [-0.2, 0) is 29.2 Å². The highest BCUT2D eigenvalue weighted by molar-refractivity contribution is 5.79. The lowest BCUT2D eigenvalue weighted by molar-refractivity contribution is 0.107. The maximum Gasteiger partial charge on any atom is 0.191 e. The minimum Gasteiger partial charge on any atom is -0.396 e. The average molecular weight is 426 g/mol. The van der Waals surface area contributed by atoms with Crippen LogP contribution < -0.4 is 10.6 Å². The van der Waals surface area contributed by atoms with E-state index in [9.17, 15) is 5.11 Å². The average Bonchev–Trinajstić information content (AvgIpc) is 3.26. The van der Waals surface area contributed by atoms with Crippen LogP contribution in [0.25, 0.3) is 0 Å². The second kappa shape index (κ2) is 12.4. The fourth-order valence-electron chi connectivity index (χ4n) is 3.70. The van der Waals surface area contributed by atoms with Crippen molar-refractivity contribution in [2.45, 2.75) is 39.5 Å². The Morgan fingerprint density at radius 3 is 2.39 bits per heavy atom. The maximum absolute atomic E-state index is 9.41. The first kappa shape index (κ1) is 23.3. The molecule has 1 aliphatic heterocycles. The minimum atomic E-state index is -0.00760. The van der Waals surface area contributed by atoms with Crippen LogP contribution in [0.15, 0.2) is 59.6 Å². The summed E-state index contributed by atoms with van der Waals surface area (Å²) in [4.78, 5) is 4.73. The van der Waals surface area contributed by atoms with Crippen molar-refractivity contribution in [2.24, 2.45) is 10.4 Å². The van der Waals surface area contributed by atoms with E-state index in [1.54, 1.807) is 0 Å². The van der Waals surface area contributed by atoms with Gasteiger partial charge in [0, 0.05) is 31.7 Å². The molecule has 0 amide bonds. The first-order valence-corrected chi connectivity index (χ1v) is 11.1. The molecular weight excluding hydrogens is 390 g/mol. The topological polar surface area (TPSA) is 75.1 Å². The van der Waals surface area contributed by atoms with Crippen molar-refractivity contribution < 1.29 is 14.6 Å². The molecule has 3 rings (SSSR count). The fraction of sp³-hybridized carbons (Fsp3) is 0.480. The highest BCUT2D eigenvalue weighted by Crippen LogP contribution is 2.31. The highest BCUT2D eigenvalue weighted by Gasteiger charge is 2.34. The number of hydrogen-bond donors (Lipinski definition) is 3. The number of aliphatic hydroxyl groups excluding tert-OH is 1. The number of aliphatic imine (C=N–C) groups is 1. The molecule has 1 heterocycles. The van der Waals surface area contributed by atoms with Crippen LogP contribution in [0.2, 0.25) is 0 Å². The Hall–Kier alpha value is -2.41. The summed E-state index contributed by atoms with van der Waals surface area (Å²) in [7, 11) is 0. The van der Waals surface area contributed by atoms with Crippen LogP contribution in [-0.4, -0.2) is 44.0 Å². The van der Waals surface area contributed by atoms with Gasteiger partial charge >= 0.3 is 0 Å². The smallest absolute Gasteiger partial charge is 0.191 e. The largest absolute Gasteiger partial charge is 0.396 e. The van der Waals surface area contributed by atoms with Crippen molar-refractivity contribution in [1.29, 1.82) is 0 Å². The predicted molar refractivity (Wildman–Crippen MR) is 124 cm³/mol. The van der Waals surface area contributed by atoms with E-state index in [4.69, 9.17) is 14.5 Å². The second-order valence-electron chi connectivity index (χ2n) is 8.12. The molecule has 1 saturated heterocycles. The Morgan fingerprint density at radius 1 is 1.03 bits per heavy atom. The Bertz CT molecular complexity index is 787. The van der Waals surface area contributed by atoms with Gasteiger partial charge in [-0.3, -0.25) is 0 Å². The molecule has 1 unspecified atom stereocenters. The van der Waals surface area contributed by atoms with Crippen LogP contribution in [0.4, 0.5) is 0 Å². The Balaban J connectivity index is 1.48. The van der Waals surface area contributed by atoms with Crippen LogP contribution in [0, 0.1) is 5.41 Å². The van der Waals surface area contributed by atoms with E-state index in [0.29, 0.717) is 26.4 Å². The third-order valence-electron chi connectivity index (χ3n) is 5.63. The molecule has 2 aromatic rings. The van der Waals surface area contributed by atoms with Gasteiger partial charge in [-0.1, -0.05) is 54.6 Å². The molecule has 0 radical (unpaired) electrons. The Kier molecular flexibility index (Phi) is 9.34. The van der Waals surface area contributed by atoms with Gasteiger partial charge in [-0.15, -0.1) is 0 Å². The molecule has 3 N–H and O–H groups in total. The summed E-state index contributed by atoms with van der Waals surface area (Å²) >= 11 is 0. The van der Waals surface area contributed by atoms with Crippen molar-refractivity contribution in [1.82, 2.24) is 10.6 Å². The number of aliphatic hydroxyl groups is 1. The summed E-state index contributed by atoms with van der Waals surface area (Å²) in [5.74, 6) is 0.794. The molecular formula is C25H35N3O3. The molecule has 6 heteroatoms. The lowest BCUT2D eigenvalue weighted by atomic mass is 9.84. The standard InChI is InChI=1S/C25H35N3O3/c1-2-26-24(28-19-25(12-14-29)13-15-30-20-25)27-16-21-8-10-23(11-9-21)18-31-17-22-6-4-3-5-7-22/h3-11,29H,2,12-20H2,1H3,(H2,26,27,28). The molecule has 31 heavy (non-hydrogen) atoms. The van der Waals surface area contributed by atoms with Gasteiger partial charge in [-0.05, 0) is 36.5 Å². The van der Waals surface area contributed by atoms with Crippen molar-refractivity contribution in [2.75, 3.05) is 32.9 Å². The van der Waals surface area contributed by atoms with Crippen molar-refractivity contribution in [3.63, 3.8) is 0 Å². The van der Waals surface area contributed by atoms with Crippen LogP contribution >= 0.6 is 0 Å². The van der Waals surface area contributed by atoms with Gasteiger partial charge in [-0.2, -0.15) is 0 Å². The number of hydrogen-bond acceptors (Lipinski definition) is 4. The molecule has 0 spiro atoms. The van der Waals surface area contributed by atoms with Crippen molar-refractivity contribution in [3.8, 4) is 0 Å². The zero-order valence-electron chi connectivity index (χ0n) is 18.5. The van der Waals surface area contributed by atoms with Gasteiger partial charge in [-0.25, -0.2) is 4.99 Å². The van der Waals surface area contributed by atoms with Crippen LogP contribution in [0.5, 0.6) is 0 Å². The molecule has 0 bridgehead atoms. The third kappa shape index (κ3) is 7.65. The SMILES string of the molecule is CCNC(=NCc1ccc(COCc2ccccc2)cc1)NCC1(CCO)CCOC1. The van der Waals surface area contributed by atoms with E-state index in [1.807, 2.05) is 18.2 Å². The first-order valence-electron chi connectivity index (χ1n) is 11.1. The lowest BCUT2D eigenvalue weighted by Crippen LogP contribution is -2.44. The number of nitrogens with zero attached hydrogens (tertiary/aromatic N) is 1. The second-order valence-corrected chi connectivity index (χ2v) is 8.12. The number of guanidine groups is 1. The van der Waals surface area contributed by atoms with E-state index in [1.165, 1.54) is 5.56 Å². The number of ether oxygens (including phenoxy) is 2. The minimum absolute atomic E-state index is 0.00760. The van der Waals surface area contributed by atoms with Gasteiger partial charge in [0.15, 0.2) is 5.96 Å². The summed E-state index contributed by atoms with van der Waals surface area (Å²) in [5, 5.41) is 16.2. The molecule has 168 valence electrons. The number of benzene rings is 2. The van der Waals surface area contributed by atoms with E-state index < -0.39 is 0 Å². The normalized spacial score (nSPS) is 18.8. The molecule has 1 fully saturated rings. The maximum atomic E-state index is 9.41. The quantitative estimate of drug-likeness (QED) is 0.381. The van der Waals surface area contributed by atoms with E-state index in [-0.39, 0.29) is 12.0 Å². The predicted octanol–water partition coefficient (Wildman–Crippen LogP) is 3.25. The fourth-order valence-corrected chi connectivity index (χ4v) is 3.70. The molecule has 0 aliphatic carbocycles. The lowest BCUT2D eigenvalue weighted by Gasteiger charge is -2.27. The number of rotatable bonds is 11. The summed E-state index contributed by atoms with van der Waals surface area (Å²) < 4.78 is 11.4. The van der Waals surface area contributed by atoms with Gasteiger partial charge in [0.05, 0.1) is 26.4 Å². The molecule has 6 nitrogen and oxygen atoms in total. The number of nitrogens with one attached hydrogen (secondary N) is 2. The molecule has 2 aromatic carbocycles. The van der Waals surface area contributed by atoms with Gasteiger partial charge in [0.2, 0.25) is 0 Å². The van der Waals surface area contributed by atoms with E-state index in [2.05, 4.69) is 54.0 Å². The van der Waals surface area contributed by atoms with E-state index in [0.717, 1.165) is 49.6 Å². The molecule has 1 aliphatic rings. The monoisotopic (exact) mass is 425 g/mol. The summed E-state index contributed by atoms with van der Waals surface area (Å²) in [5.41, 5.74) is 3.48. The van der Waals surface area contributed by atoms with Gasteiger partial charge in [0.25, 0.3) is 0 Å². The van der Waals surface area contributed by atoms with Gasteiger partial charge in [0.1, 0.15) is 0 Å². The summed E-state index contributed by atoms with van der Waals surface area (Å²) in [6.07, 6.45) is 1.71. The first-order chi connectivity index (χ1) is 15.2. The molecule has 1 atom stereocenters. The van der Waals surface area contributed by atoms with E-state index >= 15 is 0 Å². The third-order valence-corrected chi connectivity index (χ3v) is 5.63. The van der Waals surface area contributed by atoms with Crippen LogP contribution in [0.3, 0.4) is 0 Å². The van der Waals surface area contributed by atoms with Gasteiger partial charge < -0.3 is 25.2 Å². The van der Waals surface area contributed by atoms with Crippen molar-refractivity contribution in [3.05, 3.63) is 71.3 Å². The Morgan fingerprint density at radius 2 is 1.74 bits per heavy atom. The molecule has 0 aromatic heterocycles. The summed E-state index contributed by atoms with van der Waals surface area (Å²) in [6, 6.07) is 18.6. The molecule has 0 saturated carbocycles. The highest BCUT2D eigenvalue weighted by atomic mass is 16.5. The zero-order chi connectivity index (χ0) is 21.8.